The smallest absolute Gasteiger partial charge is 0.267 e. The number of aromatic nitrogens is 2. The van der Waals surface area contributed by atoms with Crippen LogP contribution in [0, 0.1) is 27.7 Å². The van der Waals surface area contributed by atoms with Crippen LogP contribution in [0.2, 0.25) is 0 Å². The molecule has 3 aromatic rings. The van der Waals surface area contributed by atoms with E-state index in [9.17, 15) is 9.59 Å². The molecule has 0 aliphatic carbocycles. The quantitative estimate of drug-likeness (QED) is 0.738. The second kappa shape index (κ2) is 7.80. The van der Waals surface area contributed by atoms with Gasteiger partial charge in [-0.15, -0.1) is 0 Å². The van der Waals surface area contributed by atoms with Crippen molar-refractivity contribution in [2.24, 2.45) is 0 Å². The Morgan fingerprint density at radius 3 is 2.32 bits per heavy atom. The van der Waals surface area contributed by atoms with Crippen molar-refractivity contribution in [2.75, 3.05) is 5.32 Å². The molecule has 0 saturated carbocycles. The van der Waals surface area contributed by atoms with Gasteiger partial charge >= 0.3 is 0 Å². The van der Waals surface area contributed by atoms with Gasteiger partial charge in [-0.1, -0.05) is 35.9 Å². The first kappa shape index (κ1) is 19.5. The van der Waals surface area contributed by atoms with E-state index in [1.165, 1.54) is 10.7 Å². The van der Waals surface area contributed by atoms with Crippen molar-refractivity contribution >= 4 is 11.6 Å². The fraction of sp³-hybridized carbons (Fsp3) is 0.261. The maximum absolute atomic E-state index is 12.8. The van der Waals surface area contributed by atoms with Gasteiger partial charge in [-0.3, -0.25) is 9.59 Å². The first-order chi connectivity index (χ1) is 13.3. The predicted octanol–water partition coefficient (Wildman–Crippen LogP) is 4.34. The lowest BCUT2D eigenvalue weighted by Crippen LogP contribution is -2.33. The van der Waals surface area contributed by atoms with Crippen LogP contribution in [-0.2, 0) is 4.79 Å². The number of rotatable bonds is 4. The van der Waals surface area contributed by atoms with E-state index >= 15 is 0 Å². The van der Waals surface area contributed by atoms with Gasteiger partial charge in [-0.05, 0) is 63.4 Å². The minimum Gasteiger partial charge on any atom is -0.324 e. The van der Waals surface area contributed by atoms with Crippen LogP contribution < -0.4 is 10.9 Å². The molecule has 1 aromatic heterocycles. The highest BCUT2D eigenvalue weighted by molar-refractivity contribution is 5.94. The van der Waals surface area contributed by atoms with Gasteiger partial charge in [0.2, 0.25) is 5.91 Å². The third-order valence-corrected chi connectivity index (χ3v) is 4.97. The molecule has 3 rings (SSSR count). The van der Waals surface area contributed by atoms with Gasteiger partial charge in [-0.25, -0.2) is 4.68 Å². The normalized spacial score (nSPS) is 11.9. The van der Waals surface area contributed by atoms with E-state index in [2.05, 4.69) is 10.4 Å². The maximum Gasteiger partial charge on any atom is 0.267 e. The topological polar surface area (TPSA) is 64.0 Å². The van der Waals surface area contributed by atoms with E-state index in [1.807, 2.05) is 64.1 Å². The second-order valence-electron chi connectivity index (χ2n) is 7.25. The molecule has 1 heterocycles. The monoisotopic (exact) mass is 375 g/mol. The Balaban J connectivity index is 1.95. The molecule has 1 amide bonds. The number of amides is 1. The van der Waals surface area contributed by atoms with Crippen molar-refractivity contribution in [3.05, 3.63) is 81.1 Å². The van der Waals surface area contributed by atoms with Gasteiger partial charge in [0.1, 0.15) is 6.04 Å². The Hall–Kier alpha value is -3.21. The lowest BCUT2D eigenvalue weighted by atomic mass is 10.0. The summed E-state index contributed by atoms with van der Waals surface area (Å²) in [6, 6.07) is 14.4. The molecular weight excluding hydrogens is 350 g/mol. The molecule has 144 valence electrons. The van der Waals surface area contributed by atoms with Crippen LogP contribution in [0.5, 0.6) is 0 Å². The Morgan fingerprint density at radius 2 is 1.64 bits per heavy atom. The molecule has 0 spiro atoms. The van der Waals surface area contributed by atoms with Gasteiger partial charge in [0.25, 0.3) is 5.56 Å². The zero-order valence-electron chi connectivity index (χ0n) is 16.9. The van der Waals surface area contributed by atoms with E-state index in [4.69, 9.17) is 0 Å². The number of hydrogen-bond acceptors (Lipinski definition) is 3. The van der Waals surface area contributed by atoms with Crippen molar-refractivity contribution < 1.29 is 4.79 Å². The molecule has 2 aromatic carbocycles. The number of nitrogens with one attached hydrogen (secondary N) is 1. The standard InChI is InChI=1S/C23H25N3O2/c1-14-9-10-15(2)19(13-14)20-11-12-21(27)26(25-20)18(5)23(28)24-22-16(3)7-6-8-17(22)4/h6-13,18H,1-5H3,(H,24,28). The number of carbonyl (C=O) groups excluding carboxylic acids is 1. The molecule has 1 N–H and O–H groups in total. The number of anilines is 1. The van der Waals surface area contributed by atoms with E-state index in [0.29, 0.717) is 5.69 Å². The molecule has 28 heavy (non-hydrogen) atoms. The van der Waals surface area contributed by atoms with Crippen molar-refractivity contribution in [1.82, 2.24) is 9.78 Å². The minimum atomic E-state index is -0.739. The van der Waals surface area contributed by atoms with Crippen LogP contribution in [0.1, 0.15) is 35.2 Å². The average Bonchev–Trinajstić information content (AvgIpc) is 2.66. The third kappa shape index (κ3) is 3.88. The number of para-hydroxylation sites is 1. The summed E-state index contributed by atoms with van der Waals surface area (Å²) in [5, 5.41) is 7.44. The van der Waals surface area contributed by atoms with Crippen LogP contribution in [0.15, 0.2) is 53.3 Å². The molecule has 5 nitrogen and oxygen atoms in total. The summed E-state index contributed by atoms with van der Waals surface area (Å²) in [5.41, 5.74) is 6.23. The molecule has 0 aliphatic rings. The predicted molar refractivity (Wildman–Crippen MR) is 113 cm³/mol. The Labute approximate surface area is 165 Å². The fourth-order valence-corrected chi connectivity index (χ4v) is 3.21. The van der Waals surface area contributed by atoms with Crippen LogP contribution in [-0.4, -0.2) is 15.7 Å². The third-order valence-electron chi connectivity index (χ3n) is 4.97. The lowest BCUT2D eigenvalue weighted by molar-refractivity contribution is -0.119. The molecule has 1 unspecified atom stereocenters. The van der Waals surface area contributed by atoms with Gasteiger partial charge in [0.05, 0.1) is 5.69 Å². The molecule has 5 heteroatoms. The lowest BCUT2D eigenvalue weighted by Gasteiger charge is -2.17. The Morgan fingerprint density at radius 1 is 0.964 bits per heavy atom. The summed E-state index contributed by atoms with van der Waals surface area (Å²) < 4.78 is 1.25. The zero-order valence-corrected chi connectivity index (χ0v) is 16.9. The second-order valence-corrected chi connectivity index (χ2v) is 7.25. The van der Waals surface area contributed by atoms with Crippen molar-refractivity contribution in [1.29, 1.82) is 0 Å². The molecule has 0 bridgehead atoms. The highest BCUT2D eigenvalue weighted by atomic mass is 16.2. The highest BCUT2D eigenvalue weighted by Crippen LogP contribution is 2.23. The summed E-state index contributed by atoms with van der Waals surface area (Å²) in [6.45, 7) is 9.59. The first-order valence-corrected chi connectivity index (χ1v) is 9.32. The van der Waals surface area contributed by atoms with Crippen molar-refractivity contribution in [3.63, 3.8) is 0 Å². The summed E-state index contributed by atoms with van der Waals surface area (Å²) >= 11 is 0. The number of carbonyl (C=O) groups is 1. The fourth-order valence-electron chi connectivity index (χ4n) is 3.21. The molecule has 0 radical (unpaired) electrons. The largest absolute Gasteiger partial charge is 0.324 e. The van der Waals surface area contributed by atoms with Crippen LogP contribution in [0.25, 0.3) is 11.3 Å². The highest BCUT2D eigenvalue weighted by Gasteiger charge is 2.20. The van der Waals surface area contributed by atoms with Crippen LogP contribution in [0.4, 0.5) is 5.69 Å². The number of nitrogens with zero attached hydrogens (tertiary/aromatic N) is 2. The maximum atomic E-state index is 12.8. The van der Waals surface area contributed by atoms with Gasteiger partial charge in [0.15, 0.2) is 0 Å². The number of benzene rings is 2. The zero-order chi connectivity index (χ0) is 20.4. The van der Waals surface area contributed by atoms with E-state index in [1.54, 1.807) is 13.0 Å². The molecule has 1 atom stereocenters. The van der Waals surface area contributed by atoms with Gasteiger partial charge in [0, 0.05) is 17.3 Å². The van der Waals surface area contributed by atoms with E-state index < -0.39 is 6.04 Å². The van der Waals surface area contributed by atoms with Crippen molar-refractivity contribution in [3.8, 4) is 11.3 Å². The summed E-state index contributed by atoms with van der Waals surface area (Å²) in [6.07, 6.45) is 0. The number of hydrogen-bond donors (Lipinski definition) is 1. The minimum absolute atomic E-state index is 0.273. The molecular formula is C23H25N3O2. The van der Waals surface area contributed by atoms with Crippen LogP contribution in [0.3, 0.4) is 0 Å². The van der Waals surface area contributed by atoms with E-state index in [-0.39, 0.29) is 11.5 Å². The average molecular weight is 375 g/mol. The molecule has 0 aliphatic heterocycles. The van der Waals surface area contributed by atoms with Gasteiger partial charge in [-0.2, -0.15) is 5.10 Å². The Bertz CT molecular complexity index is 1080. The summed E-state index contributed by atoms with van der Waals surface area (Å²) in [5.74, 6) is -0.273. The first-order valence-electron chi connectivity index (χ1n) is 9.32. The van der Waals surface area contributed by atoms with Crippen LogP contribution >= 0.6 is 0 Å². The number of aryl methyl sites for hydroxylation is 4. The SMILES string of the molecule is Cc1ccc(C)c(-c2ccc(=O)n(C(C)C(=O)Nc3c(C)cccc3C)n2)c1. The molecule has 0 saturated heterocycles. The van der Waals surface area contributed by atoms with E-state index in [0.717, 1.165) is 33.5 Å². The Kier molecular flexibility index (Phi) is 5.45. The summed E-state index contributed by atoms with van der Waals surface area (Å²) in [7, 11) is 0. The summed E-state index contributed by atoms with van der Waals surface area (Å²) in [4.78, 5) is 25.2. The molecule has 0 fully saturated rings. The van der Waals surface area contributed by atoms with Gasteiger partial charge < -0.3 is 5.32 Å². The van der Waals surface area contributed by atoms with Crippen molar-refractivity contribution in [2.45, 2.75) is 40.7 Å².